The molecule has 4 N–H and O–H groups in total. The van der Waals surface area contributed by atoms with Gasteiger partial charge in [0.25, 0.3) is 0 Å². The maximum Gasteiger partial charge on any atom is 0.475 e. The lowest BCUT2D eigenvalue weighted by atomic mass is 9.47. The van der Waals surface area contributed by atoms with Gasteiger partial charge in [0.1, 0.15) is 12.4 Å². The van der Waals surface area contributed by atoms with Crippen molar-refractivity contribution >= 4 is 15.6 Å². The van der Waals surface area contributed by atoms with Crippen molar-refractivity contribution in [3.63, 3.8) is 0 Å². The first-order chi connectivity index (χ1) is 21.4. The van der Waals surface area contributed by atoms with Crippen LogP contribution in [0.25, 0.3) is 0 Å². The van der Waals surface area contributed by atoms with Crippen LogP contribution in [-0.2, 0) is 37.4 Å². The van der Waals surface area contributed by atoms with E-state index in [4.69, 9.17) is 24.0 Å². The van der Waals surface area contributed by atoms with E-state index in [1.165, 1.54) is 6.42 Å². The summed E-state index contributed by atoms with van der Waals surface area (Å²) < 4.78 is 50.3. The molecule has 2 heterocycles. The lowest BCUT2D eigenvalue weighted by molar-refractivity contribution is -0.470. The molecule has 3 unspecified atom stereocenters. The average Bonchev–Trinajstić information content (AvgIpc) is 3.29. The first-order valence-electron chi connectivity index (χ1n) is 16.0. The number of ether oxygens (including phenoxy) is 3. The van der Waals surface area contributed by atoms with Gasteiger partial charge in [0.15, 0.2) is 0 Å². The normalized spacial score (nSPS) is 38.2. The molecule has 3 atom stereocenters. The van der Waals surface area contributed by atoms with Gasteiger partial charge in [0, 0.05) is 32.0 Å². The van der Waals surface area contributed by atoms with Gasteiger partial charge in [-0.25, -0.2) is 9.13 Å². The Balaban J connectivity index is 1.11. The van der Waals surface area contributed by atoms with Crippen molar-refractivity contribution in [3.8, 4) is 5.75 Å². The topological polar surface area (TPSA) is 183 Å². The molecule has 7 fully saturated rings. The fourth-order valence-corrected chi connectivity index (χ4v) is 10.3. The number of hydrogen-bond acceptors (Lipinski definition) is 10. The molecule has 2 aliphatic heterocycles. The van der Waals surface area contributed by atoms with Gasteiger partial charge < -0.3 is 29.0 Å². The Bertz CT molecular complexity index is 1250. The van der Waals surface area contributed by atoms with Crippen molar-refractivity contribution in [2.75, 3.05) is 39.5 Å². The van der Waals surface area contributed by atoms with Crippen LogP contribution < -0.4 is 4.74 Å². The molecule has 45 heavy (non-hydrogen) atoms. The quantitative estimate of drug-likeness (QED) is 0.159. The van der Waals surface area contributed by atoms with Gasteiger partial charge in [-0.2, -0.15) is 13.9 Å². The van der Waals surface area contributed by atoms with Crippen LogP contribution in [-0.4, -0.2) is 75.9 Å². The molecular weight excluding hydrogens is 632 g/mol. The maximum absolute atomic E-state index is 11.9. The van der Waals surface area contributed by atoms with Crippen molar-refractivity contribution in [3.05, 3.63) is 29.8 Å². The highest BCUT2D eigenvalue weighted by Crippen LogP contribution is 2.65. The minimum atomic E-state index is -5.41. The van der Waals surface area contributed by atoms with E-state index in [2.05, 4.69) is 26.1 Å². The summed E-state index contributed by atoms with van der Waals surface area (Å²) in [6.45, 7) is 4.74. The SMILES string of the molecule is O=P(O)(O)OC1(OP(=O)(O)O)OOC2(CCC(c3ccc(OCCN4CCOCC4)cc3)CC2C2C3CC4CC(C3)CC2C4)O1. The third-order valence-electron chi connectivity index (χ3n) is 10.9. The Kier molecular flexibility index (Phi) is 9.04. The molecule has 252 valence electrons. The van der Waals surface area contributed by atoms with E-state index in [1.54, 1.807) is 0 Å². The van der Waals surface area contributed by atoms with Gasteiger partial charge >= 0.3 is 21.8 Å². The van der Waals surface area contributed by atoms with E-state index in [0.29, 0.717) is 43.1 Å². The van der Waals surface area contributed by atoms with Crippen LogP contribution in [0.4, 0.5) is 0 Å². The predicted octanol–water partition coefficient (Wildman–Crippen LogP) is 3.86. The first kappa shape index (κ1) is 32.6. The highest BCUT2D eigenvalue weighted by molar-refractivity contribution is 7.47. The minimum Gasteiger partial charge on any atom is -0.492 e. The molecule has 0 amide bonds. The van der Waals surface area contributed by atoms with Gasteiger partial charge in [-0.3, -0.25) is 9.64 Å². The molecule has 14 nitrogen and oxygen atoms in total. The second kappa shape index (κ2) is 12.5. The Hall–Kier alpha value is -0.960. The molecule has 16 heteroatoms. The lowest BCUT2D eigenvalue weighted by Crippen LogP contribution is -2.56. The third kappa shape index (κ3) is 7.24. The van der Waals surface area contributed by atoms with Crippen molar-refractivity contribution in [1.82, 2.24) is 4.90 Å². The highest BCUT2D eigenvalue weighted by Gasteiger charge is 2.67. The van der Waals surface area contributed by atoms with Crippen molar-refractivity contribution in [2.24, 2.45) is 35.5 Å². The van der Waals surface area contributed by atoms with E-state index in [-0.39, 0.29) is 24.2 Å². The number of morpholine rings is 1. The number of hydrogen-bond donors (Lipinski definition) is 4. The number of nitrogens with zero attached hydrogens (tertiary/aromatic N) is 1. The van der Waals surface area contributed by atoms with Crippen LogP contribution in [0, 0.1) is 35.5 Å². The second-order valence-electron chi connectivity index (χ2n) is 13.7. The Morgan fingerprint density at radius 1 is 0.844 bits per heavy atom. The van der Waals surface area contributed by atoms with Crippen LogP contribution in [0.5, 0.6) is 5.75 Å². The largest absolute Gasteiger partial charge is 0.492 e. The molecule has 2 saturated heterocycles. The zero-order chi connectivity index (χ0) is 31.5. The Labute approximate surface area is 262 Å². The van der Waals surface area contributed by atoms with Gasteiger partial charge in [0.2, 0.25) is 5.79 Å². The standard InChI is InChI=1S/C29H43NO13P2/c31-44(32,33)42-29(43-45(34,35)36)39-28(40-41-29)6-5-22(18-26(28)27-23-14-19-13-20(16-23)17-24(27)15-19)21-1-3-25(4-2-21)38-12-9-30-7-10-37-11-8-30/h1-4,19-20,22-24,26-27H,5-18H2,(H2,31,32,33)(H2,34,35,36). The molecular formula is C29H43NO13P2. The lowest BCUT2D eigenvalue weighted by Gasteiger charge is -2.59. The van der Waals surface area contributed by atoms with Crippen molar-refractivity contribution in [2.45, 2.75) is 69.2 Å². The fourth-order valence-electron chi connectivity index (χ4n) is 9.47. The van der Waals surface area contributed by atoms with E-state index in [1.807, 2.05) is 12.1 Å². The molecule has 5 saturated carbocycles. The van der Waals surface area contributed by atoms with Crippen LogP contribution in [0.15, 0.2) is 24.3 Å². The molecule has 1 spiro atoms. The van der Waals surface area contributed by atoms with Crippen LogP contribution in [0.3, 0.4) is 0 Å². The number of rotatable bonds is 10. The van der Waals surface area contributed by atoms with Crippen LogP contribution >= 0.6 is 15.6 Å². The molecule has 8 rings (SSSR count). The maximum atomic E-state index is 11.9. The predicted molar refractivity (Wildman–Crippen MR) is 155 cm³/mol. The van der Waals surface area contributed by atoms with Crippen LogP contribution in [0.2, 0.25) is 0 Å². The van der Waals surface area contributed by atoms with E-state index >= 15 is 0 Å². The molecule has 5 aliphatic carbocycles. The minimum absolute atomic E-state index is 0.118. The molecule has 1 aromatic carbocycles. The molecule has 1 aromatic rings. The van der Waals surface area contributed by atoms with Gasteiger partial charge in [0.05, 0.1) is 13.2 Å². The van der Waals surface area contributed by atoms with E-state index in [0.717, 1.165) is 69.8 Å². The number of phosphoric acid groups is 2. The first-order valence-corrected chi connectivity index (χ1v) is 19.1. The van der Waals surface area contributed by atoms with Gasteiger partial charge in [-0.15, -0.1) is 4.89 Å². The number of benzene rings is 1. The molecule has 7 aliphatic rings. The smallest absolute Gasteiger partial charge is 0.475 e. The average molecular weight is 676 g/mol. The summed E-state index contributed by atoms with van der Waals surface area (Å²) in [7, 11) is -10.8. The summed E-state index contributed by atoms with van der Waals surface area (Å²) in [5.74, 6) is 1.45. The Morgan fingerprint density at radius 3 is 2.07 bits per heavy atom. The van der Waals surface area contributed by atoms with Crippen molar-refractivity contribution < 1.29 is 61.7 Å². The number of phosphoric ester groups is 2. The highest BCUT2D eigenvalue weighted by atomic mass is 31.2. The van der Waals surface area contributed by atoms with Gasteiger partial charge in [-0.1, -0.05) is 12.1 Å². The zero-order valence-electron chi connectivity index (χ0n) is 25.1. The van der Waals surface area contributed by atoms with Crippen LogP contribution in [0.1, 0.15) is 62.8 Å². The summed E-state index contributed by atoms with van der Waals surface area (Å²) in [4.78, 5) is 51.5. The van der Waals surface area contributed by atoms with E-state index in [9.17, 15) is 28.7 Å². The summed E-state index contributed by atoms with van der Waals surface area (Å²) in [6.07, 6.45) is 3.89. The zero-order valence-corrected chi connectivity index (χ0v) is 26.8. The summed E-state index contributed by atoms with van der Waals surface area (Å²) in [5.41, 5.74) is 1.13. The molecule has 0 aromatic heterocycles. The summed E-state index contributed by atoms with van der Waals surface area (Å²) in [5, 5.41) is 0. The van der Waals surface area contributed by atoms with E-state index < -0.39 is 27.6 Å². The van der Waals surface area contributed by atoms with Crippen molar-refractivity contribution in [1.29, 1.82) is 0 Å². The second-order valence-corrected chi connectivity index (χ2v) is 16.0. The summed E-state index contributed by atoms with van der Waals surface area (Å²) in [6, 6.07) is 8.11. The Morgan fingerprint density at radius 2 is 1.47 bits per heavy atom. The third-order valence-corrected chi connectivity index (χ3v) is 11.8. The fraction of sp³-hybridized carbons (Fsp3) is 0.793. The molecule has 0 radical (unpaired) electrons. The monoisotopic (exact) mass is 675 g/mol. The summed E-state index contributed by atoms with van der Waals surface area (Å²) >= 11 is 0. The molecule has 4 bridgehead atoms. The van der Waals surface area contributed by atoms with Gasteiger partial charge in [-0.05, 0) is 98.1 Å².